The van der Waals surface area contributed by atoms with Crippen LogP contribution in [-0.4, -0.2) is 24.4 Å². The number of carbonyl (C=O) groups is 2. The summed E-state index contributed by atoms with van der Waals surface area (Å²) >= 11 is 9.48. The molecule has 3 aromatic rings. The van der Waals surface area contributed by atoms with Crippen molar-refractivity contribution in [3.63, 3.8) is 0 Å². The van der Waals surface area contributed by atoms with Gasteiger partial charge in [-0.2, -0.15) is 0 Å². The maximum Gasteiger partial charge on any atom is 0.363 e. The number of benzene rings is 3. The fourth-order valence-electron chi connectivity index (χ4n) is 3.12. The summed E-state index contributed by atoms with van der Waals surface area (Å²) in [5.41, 5.74) is 0.775. The Morgan fingerprint density at radius 2 is 1.91 bits per heavy atom. The zero-order chi connectivity index (χ0) is 24.2. The standard InChI is InChI=1S/C25H16BrClFNO5/c1-2-32-21-13-14(11-17(26)22(21)33-24(30)15-7-3-5-9-18(15)27)12-20-25(31)34-23(29-20)16-8-4-6-10-19(16)28/h3-13H,2H2,1H3/b20-12-. The molecule has 172 valence electrons. The molecule has 0 fully saturated rings. The van der Waals surface area contributed by atoms with Gasteiger partial charge in [-0.3, -0.25) is 0 Å². The molecule has 0 aliphatic carbocycles. The van der Waals surface area contributed by atoms with Gasteiger partial charge >= 0.3 is 11.9 Å². The maximum atomic E-state index is 14.0. The van der Waals surface area contributed by atoms with Crippen LogP contribution < -0.4 is 9.47 Å². The van der Waals surface area contributed by atoms with Gasteiger partial charge in [0.25, 0.3) is 0 Å². The number of rotatable bonds is 6. The molecule has 6 nitrogen and oxygen atoms in total. The van der Waals surface area contributed by atoms with Crippen molar-refractivity contribution < 1.29 is 28.2 Å². The van der Waals surface area contributed by atoms with Gasteiger partial charge in [-0.15, -0.1) is 0 Å². The summed E-state index contributed by atoms with van der Waals surface area (Å²) in [6, 6.07) is 15.6. The van der Waals surface area contributed by atoms with Crippen LogP contribution in [0.15, 0.2) is 75.8 Å². The van der Waals surface area contributed by atoms with E-state index in [4.69, 9.17) is 25.8 Å². The molecule has 1 aliphatic rings. The number of esters is 2. The number of halogens is 3. The number of carbonyl (C=O) groups excluding carboxylic acids is 2. The van der Waals surface area contributed by atoms with Crippen LogP contribution in [0.3, 0.4) is 0 Å². The fraction of sp³-hybridized carbons (Fsp3) is 0.0800. The van der Waals surface area contributed by atoms with Crippen LogP contribution >= 0.6 is 27.5 Å². The lowest BCUT2D eigenvalue weighted by atomic mass is 10.1. The molecular formula is C25H16BrClFNO5. The first-order valence-corrected chi connectivity index (χ1v) is 11.2. The van der Waals surface area contributed by atoms with Crippen LogP contribution in [0.5, 0.6) is 11.5 Å². The summed E-state index contributed by atoms with van der Waals surface area (Å²) in [6.07, 6.45) is 1.46. The van der Waals surface area contributed by atoms with Crippen LogP contribution in [0.4, 0.5) is 4.39 Å². The highest BCUT2D eigenvalue weighted by molar-refractivity contribution is 9.10. The summed E-state index contributed by atoms with van der Waals surface area (Å²) in [4.78, 5) is 29.1. The monoisotopic (exact) mass is 543 g/mol. The molecule has 1 heterocycles. The van der Waals surface area contributed by atoms with Crippen molar-refractivity contribution in [2.45, 2.75) is 6.92 Å². The van der Waals surface area contributed by atoms with Crippen molar-refractivity contribution in [3.8, 4) is 11.5 Å². The van der Waals surface area contributed by atoms with Gasteiger partial charge in [0, 0.05) is 0 Å². The van der Waals surface area contributed by atoms with Gasteiger partial charge in [-0.1, -0.05) is 35.9 Å². The lowest BCUT2D eigenvalue weighted by molar-refractivity contribution is -0.129. The Morgan fingerprint density at radius 3 is 2.65 bits per heavy atom. The second-order valence-corrected chi connectivity index (χ2v) is 8.21. The molecule has 9 heteroatoms. The first-order valence-electron chi connectivity index (χ1n) is 10.1. The van der Waals surface area contributed by atoms with Gasteiger partial charge < -0.3 is 14.2 Å². The van der Waals surface area contributed by atoms with E-state index in [9.17, 15) is 14.0 Å². The quantitative estimate of drug-likeness (QED) is 0.210. The van der Waals surface area contributed by atoms with Gasteiger partial charge in [-0.25, -0.2) is 19.0 Å². The predicted molar refractivity (Wildman–Crippen MR) is 129 cm³/mol. The third-order valence-corrected chi connectivity index (χ3v) is 5.57. The topological polar surface area (TPSA) is 74.2 Å². The van der Waals surface area contributed by atoms with E-state index in [-0.39, 0.29) is 39.2 Å². The number of hydrogen-bond donors (Lipinski definition) is 0. The zero-order valence-corrected chi connectivity index (χ0v) is 20.0. The number of ether oxygens (including phenoxy) is 3. The molecule has 0 atom stereocenters. The highest BCUT2D eigenvalue weighted by Crippen LogP contribution is 2.38. The van der Waals surface area contributed by atoms with Crippen molar-refractivity contribution in [3.05, 3.63) is 98.4 Å². The van der Waals surface area contributed by atoms with Gasteiger partial charge in [0.1, 0.15) is 5.82 Å². The van der Waals surface area contributed by atoms with Gasteiger partial charge in [0.15, 0.2) is 17.2 Å². The average molecular weight is 545 g/mol. The molecule has 1 aliphatic heterocycles. The summed E-state index contributed by atoms with van der Waals surface area (Å²) in [5, 5.41) is 0.256. The largest absolute Gasteiger partial charge is 0.490 e. The molecule has 3 aromatic carbocycles. The molecule has 34 heavy (non-hydrogen) atoms. The highest BCUT2D eigenvalue weighted by Gasteiger charge is 2.26. The number of hydrogen-bond acceptors (Lipinski definition) is 6. The normalized spacial score (nSPS) is 14.1. The zero-order valence-electron chi connectivity index (χ0n) is 17.7. The molecule has 0 aromatic heterocycles. The van der Waals surface area contributed by atoms with E-state index in [1.165, 1.54) is 24.3 Å². The van der Waals surface area contributed by atoms with Crippen LogP contribution in [0.1, 0.15) is 28.4 Å². The van der Waals surface area contributed by atoms with Crippen molar-refractivity contribution in [1.29, 1.82) is 0 Å². The summed E-state index contributed by atoms with van der Waals surface area (Å²) < 4.78 is 30.8. The van der Waals surface area contributed by atoms with Crippen molar-refractivity contribution >= 4 is 51.4 Å². The Kier molecular flexibility index (Phi) is 7.09. The summed E-state index contributed by atoms with van der Waals surface area (Å²) in [5.74, 6) is -1.64. The van der Waals surface area contributed by atoms with E-state index in [0.717, 1.165) is 0 Å². The smallest absolute Gasteiger partial charge is 0.363 e. The Bertz CT molecular complexity index is 1350. The average Bonchev–Trinajstić information content (AvgIpc) is 3.16. The molecule has 0 radical (unpaired) electrons. The first kappa shape index (κ1) is 23.7. The molecule has 0 N–H and O–H groups in total. The van der Waals surface area contributed by atoms with Crippen molar-refractivity contribution in [1.82, 2.24) is 0 Å². The third kappa shape index (κ3) is 5.03. The molecule has 0 unspecified atom stereocenters. The third-order valence-electron chi connectivity index (χ3n) is 4.65. The van der Waals surface area contributed by atoms with Crippen molar-refractivity contribution in [2.24, 2.45) is 4.99 Å². The van der Waals surface area contributed by atoms with E-state index in [0.29, 0.717) is 16.6 Å². The van der Waals surface area contributed by atoms with E-state index < -0.39 is 17.8 Å². The Morgan fingerprint density at radius 1 is 1.18 bits per heavy atom. The summed E-state index contributed by atoms with van der Waals surface area (Å²) in [6.45, 7) is 2.07. The van der Waals surface area contributed by atoms with E-state index >= 15 is 0 Å². The summed E-state index contributed by atoms with van der Waals surface area (Å²) in [7, 11) is 0. The molecule has 0 saturated heterocycles. The molecule has 0 spiro atoms. The highest BCUT2D eigenvalue weighted by atomic mass is 79.9. The first-order chi connectivity index (χ1) is 16.4. The minimum atomic E-state index is -0.721. The van der Waals surface area contributed by atoms with Gasteiger partial charge in [0.2, 0.25) is 5.90 Å². The Hall–Kier alpha value is -3.49. The van der Waals surface area contributed by atoms with Gasteiger partial charge in [0.05, 0.1) is 27.2 Å². The van der Waals surface area contributed by atoms with Crippen LogP contribution in [0.25, 0.3) is 6.08 Å². The van der Waals surface area contributed by atoms with E-state index in [1.807, 2.05) is 0 Å². The fourth-order valence-corrected chi connectivity index (χ4v) is 3.88. The van der Waals surface area contributed by atoms with Crippen molar-refractivity contribution in [2.75, 3.05) is 6.61 Å². The lowest BCUT2D eigenvalue weighted by Gasteiger charge is -2.14. The second-order valence-electron chi connectivity index (χ2n) is 6.95. The maximum absolute atomic E-state index is 14.0. The number of nitrogens with zero attached hydrogens (tertiary/aromatic N) is 1. The Labute approximate surface area is 207 Å². The van der Waals surface area contributed by atoms with E-state index in [2.05, 4.69) is 20.9 Å². The van der Waals surface area contributed by atoms with E-state index in [1.54, 1.807) is 49.4 Å². The number of cyclic esters (lactones) is 1. The molecule has 0 amide bonds. The SMILES string of the molecule is CCOc1cc(/C=C2\N=C(c3ccccc3F)OC2=O)cc(Br)c1OC(=O)c1ccccc1Cl. The van der Waals surface area contributed by atoms with Crippen LogP contribution in [-0.2, 0) is 9.53 Å². The van der Waals surface area contributed by atoms with Gasteiger partial charge in [-0.05, 0) is 70.9 Å². The molecule has 0 saturated carbocycles. The van der Waals surface area contributed by atoms with Crippen LogP contribution in [0.2, 0.25) is 5.02 Å². The predicted octanol–water partition coefficient (Wildman–Crippen LogP) is 6.20. The lowest BCUT2D eigenvalue weighted by Crippen LogP contribution is -2.11. The molecular weight excluding hydrogens is 529 g/mol. The Balaban J connectivity index is 1.67. The second kappa shape index (κ2) is 10.2. The molecule has 0 bridgehead atoms. The minimum absolute atomic E-state index is 0.0200. The number of aliphatic imine (C=N–C) groups is 1. The minimum Gasteiger partial charge on any atom is -0.490 e. The van der Waals surface area contributed by atoms with Crippen LogP contribution in [0, 0.1) is 5.82 Å². The molecule has 4 rings (SSSR count).